The van der Waals surface area contributed by atoms with Gasteiger partial charge in [0, 0.05) is 19.5 Å². The van der Waals surface area contributed by atoms with E-state index in [9.17, 15) is 17.2 Å². The fourth-order valence-corrected chi connectivity index (χ4v) is 5.92. The van der Waals surface area contributed by atoms with E-state index >= 15 is 0 Å². The molecule has 36 heavy (non-hydrogen) atoms. The molecule has 11 heteroatoms. The maximum atomic E-state index is 14.9. The lowest BCUT2D eigenvalue weighted by Gasteiger charge is -2.37. The van der Waals surface area contributed by atoms with Gasteiger partial charge in [0.25, 0.3) is 9.84 Å². The molecule has 0 bridgehead atoms. The van der Waals surface area contributed by atoms with Crippen LogP contribution in [-0.4, -0.2) is 42.8 Å². The molecule has 2 aliphatic rings. The van der Waals surface area contributed by atoms with Crippen LogP contribution in [0.15, 0.2) is 53.7 Å². The summed E-state index contributed by atoms with van der Waals surface area (Å²) < 4.78 is 64.3. The molecule has 1 fully saturated rings. The van der Waals surface area contributed by atoms with Crippen molar-refractivity contribution in [2.24, 2.45) is 5.92 Å². The third-order valence-electron chi connectivity index (χ3n) is 6.59. The molecule has 2 aliphatic heterocycles. The van der Waals surface area contributed by atoms with Crippen molar-refractivity contribution in [2.75, 3.05) is 18.1 Å². The fraction of sp³-hybridized carbons (Fsp3) is 0.360. The minimum absolute atomic E-state index is 0.0947. The number of nitrogens with zero attached hydrogens (tertiary/aromatic N) is 3. The molecule has 1 aromatic heterocycles. The zero-order valence-electron chi connectivity index (χ0n) is 19.6. The topological polar surface area (TPSA) is 81.6 Å². The van der Waals surface area contributed by atoms with Crippen molar-refractivity contribution in [3.05, 3.63) is 59.6 Å². The standard InChI is InChI=1S/C25H24ClF2N3O4S/c1-15-9-16(7-8-31(15)24-29-12-19(26)13-30-24)14-34-21-5-3-17(10-20(21)27)18-4-6-23-22(11-18)35-25(2,28)36(23,32)33/h3-6,10-13,15-16H,7-9,14H2,1-2H3/t15-,16-,25+/m1/s1. The third-order valence-corrected chi connectivity index (χ3v) is 8.75. The van der Waals surface area contributed by atoms with Crippen molar-refractivity contribution >= 4 is 27.4 Å². The summed E-state index contributed by atoms with van der Waals surface area (Å²) in [4.78, 5) is 10.5. The van der Waals surface area contributed by atoms with Gasteiger partial charge in [0.1, 0.15) is 10.6 Å². The van der Waals surface area contributed by atoms with E-state index in [0.29, 0.717) is 28.7 Å². The summed E-state index contributed by atoms with van der Waals surface area (Å²) in [5, 5.41) is -2.34. The molecule has 0 aliphatic carbocycles. The van der Waals surface area contributed by atoms with E-state index in [-0.39, 0.29) is 28.4 Å². The van der Waals surface area contributed by atoms with Gasteiger partial charge in [0.15, 0.2) is 11.6 Å². The Morgan fingerprint density at radius 1 is 1.19 bits per heavy atom. The molecular formula is C25H24ClF2N3O4S. The molecule has 2 aromatic carbocycles. The Bertz CT molecular complexity index is 1400. The lowest BCUT2D eigenvalue weighted by molar-refractivity contribution is 0.0464. The van der Waals surface area contributed by atoms with Gasteiger partial charge in [0.2, 0.25) is 5.95 Å². The van der Waals surface area contributed by atoms with Crippen LogP contribution in [0.1, 0.15) is 26.7 Å². The van der Waals surface area contributed by atoms with Crippen LogP contribution in [-0.2, 0) is 9.84 Å². The highest BCUT2D eigenvalue weighted by Crippen LogP contribution is 2.44. The SMILES string of the molecule is C[C@@H]1C[C@H](COc2ccc(-c3ccc4c(c3)O[C@](C)(F)S4(=O)=O)cc2F)CCN1c1ncc(Cl)cn1. The first kappa shape index (κ1) is 24.7. The number of benzene rings is 2. The van der Waals surface area contributed by atoms with Crippen molar-refractivity contribution in [1.29, 1.82) is 0 Å². The second kappa shape index (κ2) is 9.15. The van der Waals surface area contributed by atoms with Crippen LogP contribution in [0.4, 0.5) is 14.7 Å². The van der Waals surface area contributed by atoms with Gasteiger partial charge in [-0.15, -0.1) is 0 Å². The number of aromatic nitrogens is 2. The Balaban J connectivity index is 1.23. The molecular weight excluding hydrogens is 512 g/mol. The third kappa shape index (κ3) is 4.48. The van der Waals surface area contributed by atoms with E-state index in [0.717, 1.165) is 26.3 Å². The number of sulfone groups is 1. The van der Waals surface area contributed by atoms with E-state index in [4.69, 9.17) is 21.1 Å². The Morgan fingerprint density at radius 3 is 2.58 bits per heavy atom. The maximum absolute atomic E-state index is 14.9. The van der Waals surface area contributed by atoms with Gasteiger partial charge >= 0.3 is 5.19 Å². The van der Waals surface area contributed by atoms with Crippen LogP contribution < -0.4 is 14.4 Å². The van der Waals surface area contributed by atoms with Gasteiger partial charge < -0.3 is 14.4 Å². The summed E-state index contributed by atoms with van der Waals surface area (Å²) in [6.07, 6.45) is 4.85. The van der Waals surface area contributed by atoms with Crippen LogP contribution in [0.3, 0.4) is 0 Å². The lowest BCUT2D eigenvalue weighted by Crippen LogP contribution is -2.43. The van der Waals surface area contributed by atoms with Gasteiger partial charge in [-0.1, -0.05) is 23.7 Å². The van der Waals surface area contributed by atoms with Crippen molar-refractivity contribution in [3.8, 4) is 22.6 Å². The molecule has 0 amide bonds. The predicted octanol–water partition coefficient (Wildman–Crippen LogP) is 5.43. The number of rotatable bonds is 5. The second-order valence-corrected chi connectivity index (χ2v) is 11.8. The molecule has 5 rings (SSSR count). The Morgan fingerprint density at radius 2 is 1.89 bits per heavy atom. The van der Waals surface area contributed by atoms with Gasteiger partial charge in [-0.25, -0.2) is 22.8 Å². The molecule has 0 N–H and O–H groups in total. The minimum Gasteiger partial charge on any atom is -0.490 e. The normalized spacial score (nSPS) is 24.8. The molecule has 0 radical (unpaired) electrons. The van der Waals surface area contributed by atoms with Crippen molar-refractivity contribution < 1.29 is 26.7 Å². The van der Waals surface area contributed by atoms with E-state index < -0.39 is 20.8 Å². The average molecular weight is 536 g/mol. The monoisotopic (exact) mass is 535 g/mol. The second-order valence-electron chi connectivity index (χ2n) is 9.19. The van der Waals surface area contributed by atoms with Crippen LogP contribution in [0.5, 0.6) is 11.5 Å². The number of hydrogen-bond donors (Lipinski definition) is 0. The highest BCUT2D eigenvalue weighted by atomic mass is 35.5. The Hall–Kier alpha value is -2.98. The first-order valence-corrected chi connectivity index (χ1v) is 13.3. The van der Waals surface area contributed by atoms with Crippen LogP contribution in [0.2, 0.25) is 5.02 Å². The number of hydrogen-bond acceptors (Lipinski definition) is 7. The zero-order valence-corrected chi connectivity index (χ0v) is 21.2. The van der Waals surface area contributed by atoms with E-state index in [1.54, 1.807) is 18.5 Å². The molecule has 3 atom stereocenters. The minimum atomic E-state index is -4.24. The van der Waals surface area contributed by atoms with E-state index in [1.807, 2.05) is 0 Å². The van der Waals surface area contributed by atoms with Gasteiger partial charge in [-0.05, 0) is 61.1 Å². The summed E-state index contributed by atoms with van der Waals surface area (Å²) in [5.74, 6) is 0.373. The molecule has 190 valence electrons. The number of alkyl halides is 1. The lowest BCUT2D eigenvalue weighted by atomic mass is 9.92. The highest BCUT2D eigenvalue weighted by molar-refractivity contribution is 7.92. The highest BCUT2D eigenvalue weighted by Gasteiger charge is 2.51. The molecule has 1 saturated heterocycles. The molecule has 0 spiro atoms. The molecule has 3 heterocycles. The number of anilines is 1. The summed E-state index contributed by atoms with van der Waals surface area (Å²) in [6, 6.07) is 8.87. The van der Waals surface area contributed by atoms with Gasteiger partial charge in [-0.3, -0.25) is 0 Å². The summed E-state index contributed by atoms with van der Waals surface area (Å²) in [6.45, 7) is 4.07. The summed E-state index contributed by atoms with van der Waals surface area (Å²) >= 11 is 5.88. The fourth-order valence-electron chi connectivity index (χ4n) is 4.61. The van der Waals surface area contributed by atoms with Crippen LogP contribution in [0, 0.1) is 11.7 Å². The van der Waals surface area contributed by atoms with E-state index in [1.165, 1.54) is 30.3 Å². The maximum Gasteiger partial charge on any atom is 0.351 e. The first-order chi connectivity index (χ1) is 17.0. The number of halogens is 3. The molecule has 7 nitrogen and oxygen atoms in total. The largest absolute Gasteiger partial charge is 0.490 e. The van der Waals surface area contributed by atoms with Crippen molar-refractivity contribution in [2.45, 2.75) is 42.8 Å². The van der Waals surface area contributed by atoms with Gasteiger partial charge in [-0.2, -0.15) is 4.39 Å². The molecule has 0 saturated carbocycles. The number of fused-ring (bicyclic) bond motifs is 1. The molecule has 0 unspecified atom stereocenters. The predicted molar refractivity (Wildman–Crippen MR) is 131 cm³/mol. The zero-order chi connectivity index (χ0) is 25.7. The summed E-state index contributed by atoms with van der Waals surface area (Å²) in [5.41, 5.74) is 0.985. The quantitative estimate of drug-likeness (QED) is 0.431. The number of ether oxygens (including phenoxy) is 2. The first-order valence-electron chi connectivity index (χ1n) is 11.5. The Kier molecular flexibility index (Phi) is 6.28. The van der Waals surface area contributed by atoms with Crippen molar-refractivity contribution in [1.82, 2.24) is 9.97 Å². The van der Waals surface area contributed by atoms with Crippen LogP contribution in [0.25, 0.3) is 11.1 Å². The average Bonchev–Trinajstić information content (AvgIpc) is 3.02. The smallest absolute Gasteiger partial charge is 0.351 e. The van der Waals surface area contributed by atoms with E-state index in [2.05, 4.69) is 21.8 Å². The number of piperidine rings is 1. The van der Waals surface area contributed by atoms with Gasteiger partial charge in [0.05, 0.1) is 24.0 Å². The molecule has 3 aromatic rings. The van der Waals surface area contributed by atoms with Crippen LogP contribution >= 0.6 is 11.6 Å². The summed E-state index contributed by atoms with van der Waals surface area (Å²) in [7, 11) is -4.24. The Labute approximate surface area is 213 Å². The van der Waals surface area contributed by atoms with Crippen molar-refractivity contribution in [3.63, 3.8) is 0 Å².